The number of non-ortho nitro benzene ring substituents is 1. The number of nitro groups is 1. The van der Waals surface area contributed by atoms with Gasteiger partial charge in [-0.1, -0.05) is 0 Å². The molecule has 12 nitrogen and oxygen atoms in total. The van der Waals surface area contributed by atoms with Gasteiger partial charge in [-0.05, 0) is 90.8 Å². The second kappa shape index (κ2) is 16.7. The molecule has 2 amide bonds. The van der Waals surface area contributed by atoms with Gasteiger partial charge in [0.05, 0.1) is 18.1 Å². The number of carbonyl (C=O) groups excluding carboxylic acids is 2. The fourth-order valence-electron chi connectivity index (χ4n) is 2.76. The van der Waals surface area contributed by atoms with Gasteiger partial charge in [0.2, 0.25) is 0 Å². The van der Waals surface area contributed by atoms with E-state index in [-0.39, 0.29) is 5.69 Å². The Balaban J connectivity index is 0.000000402. The van der Waals surface area contributed by atoms with Gasteiger partial charge in [0.1, 0.15) is 22.7 Å². The molecule has 0 aliphatic carbocycles. The van der Waals surface area contributed by atoms with Crippen molar-refractivity contribution >= 4 is 23.6 Å². The molecule has 0 aliphatic heterocycles. The van der Waals surface area contributed by atoms with E-state index in [9.17, 15) is 19.7 Å². The van der Waals surface area contributed by atoms with E-state index in [0.717, 1.165) is 5.75 Å². The molecule has 0 unspecified atom stereocenters. The van der Waals surface area contributed by atoms with Crippen LogP contribution in [0.5, 0.6) is 11.5 Å². The first-order chi connectivity index (χ1) is 18.6. The van der Waals surface area contributed by atoms with Crippen molar-refractivity contribution in [2.24, 2.45) is 0 Å². The Bertz CT molecular complexity index is 1050. The Hall–Kier alpha value is -4.22. The Morgan fingerprint density at radius 2 is 1.12 bits per heavy atom. The van der Waals surface area contributed by atoms with Crippen molar-refractivity contribution in [1.29, 1.82) is 0 Å². The highest BCUT2D eigenvalue weighted by atomic mass is 16.6. The van der Waals surface area contributed by atoms with Crippen LogP contribution < -0.4 is 25.8 Å². The van der Waals surface area contributed by atoms with Crippen molar-refractivity contribution in [3.05, 3.63) is 58.6 Å². The molecule has 0 saturated heterocycles. The number of nitrogens with one attached hydrogen (secondary N) is 2. The number of carbonyl (C=O) groups is 2. The number of anilines is 1. The molecular weight excluding hydrogens is 520 g/mol. The molecule has 0 atom stereocenters. The second-order valence-electron chi connectivity index (χ2n) is 10.6. The Morgan fingerprint density at radius 1 is 0.750 bits per heavy atom. The van der Waals surface area contributed by atoms with Gasteiger partial charge < -0.3 is 35.3 Å². The van der Waals surface area contributed by atoms with Gasteiger partial charge in [-0.15, -0.1) is 0 Å². The number of rotatable bonds is 11. The predicted molar refractivity (Wildman–Crippen MR) is 153 cm³/mol. The van der Waals surface area contributed by atoms with Crippen molar-refractivity contribution in [1.82, 2.24) is 10.6 Å². The lowest BCUT2D eigenvalue weighted by atomic mass is 10.2. The van der Waals surface area contributed by atoms with Crippen LogP contribution in [-0.4, -0.2) is 54.6 Å². The van der Waals surface area contributed by atoms with Gasteiger partial charge in [0, 0.05) is 30.9 Å². The van der Waals surface area contributed by atoms with Crippen LogP contribution in [-0.2, 0) is 9.47 Å². The van der Waals surface area contributed by atoms with Crippen LogP contribution in [0.2, 0.25) is 0 Å². The zero-order valence-corrected chi connectivity index (χ0v) is 24.2. The summed E-state index contributed by atoms with van der Waals surface area (Å²) in [6, 6.07) is 13.1. The number of hydrogen-bond acceptors (Lipinski definition) is 9. The van der Waals surface area contributed by atoms with Gasteiger partial charge in [-0.3, -0.25) is 10.1 Å². The number of nitrogens with two attached hydrogens (primary N) is 1. The summed E-state index contributed by atoms with van der Waals surface area (Å²) in [7, 11) is 0. The summed E-state index contributed by atoms with van der Waals surface area (Å²) in [5.41, 5.74) is 5.32. The average Bonchev–Trinajstić information content (AvgIpc) is 2.83. The second-order valence-corrected chi connectivity index (χ2v) is 10.6. The molecule has 0 heterocycles. The first-order valence-electron chi connectivity index (χ1n) is 12.9. The number of hydrogen-bond donors (Lipinski definition) is 3. The molecule has 0 spiro atoms. The summed E-state index contributed by atoms with van der Waals surface area (Å²) in [4.78, 5) is 32.7. The molecule has 0 saturated carbocycles. The molecule has 12 heteroatoms. The molecule has 4 N–H and O–H groups in total. The van der Waals surface area contributed by atoms with Gasteiger partial charge in [0.25, 0.3) is 5.69 Å². The summed E-state index contributed by atoms with van der Waals surface area (Å²) < 4.78 is 21.1. The van der Waals surface area contributed by atoms with E-state index in [2.05, 4.69) is 10.6 Å². The van der Waals surface area contributed by atoms with E-state index in [1.54, 1.807) is 45.0 Å². The van der Waals surface area contributed by atoms with Gasteiger partial charge in [-0.2, -0.15) is 0 Å². The van der Waals surface area contributed by atoms with Crippen molar-refractivity contribution in [2.45, 2.75) is 65.6 Å². The van der Waals surface area contributed by atoms with Crippen molar-refractivity contribution in [2.75, 3.05) is 32.0 Å². The minimum atomic E-state index is -0.515. The number of nitrogen functional groups attached to an aromatic ring is 1. The summed E-state index contributed by atoms with van der Waals surface area (Å²) in [5.74, 6) is 1.32. The van der Waals surface area contributed by atoms with Crippen LogP contribution in [0.25, 0.3) is 0 Å². The monoisotopic (exact) mass is 562 g/mol. The number of amides is 2. The SMILES string of the molecule is CC(C)(C)OC(=O)NCCCOc1ccc(N)cc1.CC(C)(C)OC(=O)NCCCOc1ccc([N+](=O)[O-])cc1. The lowest BCUT2D eigenvalue weighted by molar-refractivity contribution is -0.384. The Kier molecular flexibility index (Phi) is 14.1. The first-order valence-corrected chi connectivity index (χ1v) is 12.9. The minimum Gasteiger partial charge on any atom is -0.494 e. The van der Waals surface area contributed by atoms with E-state index in [0.29, 0.717) is 50.6 Å². The highest BCUT2D eigenvalue weighted by Gasteiger charge is 2.16. The molecule has 0 aromatic heterocycles. The van der Waals surface area contributed by atoms with Crippen LogP contribution >= 0.6 is 0 Å². The first kappa shape index (κ1) is 33.8. The number of nitro benzene ring substituents is 1. The number of benzene rings is 2. The lowest BCUT2D eigenvalue weighted by Crippen LogP contribution is -2.33. The normalized spacial score (nSPS) is 10.8. The van der Waals surface area contributed by atoms with Crippen LogP contribution in [0, 0.1) is 10.1 Å². The van der Waals surface area contributed by atoms with E-state index >= 15 is 0 Å². The molecule has 222 valence electrons. The number of ether oxygens (including phenoxy) is 4. The van der Waals surface area contributed by atoms with Gasteiger partial charge in [0.15, 0.2) is 0 Å². The molecule has 0 radical (unpaired) electrons. The van der Waals surface area contributed by atoms with Gasteiger partial charge in [-0.25, -0.2) is 9.59 Å². The summed E-state index contributed by atoms with van der Waals surface area (Å²) in [6.45, 7) is 12.8. The maximum Gasteiger partial charge on any atom is 0.407 e. The summed E-state index contributed by atoms with van der Waals surface area (Å²) in [5, 5.41) is 15.8. The number of nitrogens with zero attached hydrogens (tertiary/aromatic N) is 1. The molecule has 0 bridgehead atoms. The predicted octanol–water partition coefficient (Wildman–Crippen LogP) is 5.45. The highest BCUT2D eigenvalue weighted by Crippen LogP contribution is 2.17. The maximum atomic E-state index is 11.4. The molecule has 40 heavy (non-hydrogen) atoms. The molecule has 0 fully saturated rings. The van der Waals surface area contributed by atoms with Crippen LogP contribution in [0.15, 0.2) is 48.5 Å². The van der Waals surface area contributed by atoms with E-state index in [1.807, 2.05) is 32.9 Å². The van der Waals surface area contributed by atoms with Gasteiger partial charge >= 0.3 is 12.2 Å². The standard InChI is InChI=1S/C14H20N2O5.C14H22N2O3/c1-14(2,3)21-13(17)15-9-4-10-20-12-7-5-11(6-8-12)16(18)19;1-14(2,3)19-13(17)16-9-4-10-18-12-7-5-11(15)6-8-12/h5-8H,4,9-10H2,1-3H3,(H,15,17);5-8H,4,9-10,15H2,1-3H3,(H,16,17). The fraction of sp³-hybridized carbons (Fsp3) is 0.500. The summed E-state index contributed by atoms with van der Waals surface area (Å²) in [6.07, 6.45) is 0.456. The van der Waals surface area contributed by atoms with E-state index in [4.69, 9.17) is 24.7 Å². The lowest BCUT2D eigenvalue weighted by Gasteiger charge is -2.19. The van der Waals surface area contributed by atoms with Crippen molar-refractivity contribution < 1.29 is 33.5 Å². The fourth-order valence-corrected chi connectivity index (χ4v) is 2.76. The molecular formula is C28H42N4O8. The smallest absolute Gasteiger partial charge is 0.407 e. The van der Waals surface area contributed by atoms with E-state index < -0.39 is 28.3 Å². The molecule has 2 aromatic carbocycles. The largest absolute Gasteiger partial charge is 0.494 e. The Labute approximate surface area is 235 Å². The third kappa shape index (κ3) is 17.3. The van der Waals surface area contributed by atoms with Crippen LogP contribution in [0.1, 0.15) is 54.4 Å². The maximum absolute atomic E-state index is 11.4. The average molecular weight is 563 g/mol. The zero-order valence-electron chi connectivity index (χ0n) is 24.2. The third-order valence-corrected chi connectivity index (χ3v) is 4.44. The number of alkyl carbamates (subject to hydrolysis) is 2. The topological polar surface area (TPSA) is 164 Å². The van der Waals surface area contributed by atoms with Crippen LogP contribution in [0.4, 0.5) is 21.0 Å². The van der Waals surface area contributed by atoms with Crippen molar-refractivity contribution in [3.8, 4) is 11.5 Å². The minimum absolute atomic E-state index is 0.0222. The molecule has 2 rings (SSSR count). The van der Waals surface area contributed by atoms with E-state index in [1.165, 1.54) is 12.1 Å². The summed E-state index contributed by atoms with van der Waals surface area (Å²) >= 11 is 0. The van der Waals surface area contributed by atoms with Crippen LogP contribution in [0.3, 0.4) is 0 Å². The Morgan fingerprint density at radius 3 is 1.48 bits per heavy atom. The quantitative estimate of drug-likeness (QED) is 0.140. The molecule has 2 aromatic rings. The highest BCUT2D eigenvalue weighted by molar-refractivity contribution is 5.67. The zero-order chi connectivity index (χ0) is 30.2. The van der Waals surface area contributed by atoms with Crippen molar-refractivity contribution in [3.63, 3.8) is 0 Å². The molecule has 0 aliphatic rings. The third-order valence-electron chi connectivity index (χ3n) is 4.44.